The van der Waals surface area contributed by atoms with Crippen LogP contribution in [-0.2, 0) is 24.0 Å². The topological polar surface area (TPSA) is 211 Å². The first-order chi connectivity index (χ1) is 14.0. The van der Waals surface area contributed by atoms with E-state index < -0.39 is 30.9 Å². The number of aliphatic hydroxyl groups excluding tert-OH is 3. The monoisotopic (exact) mass is 428 g/mol. The SMILES string of the molecule is NCCCOOC(OCCCN)(OCCCN)C(CO)(CO)C(O)OCCCN. The van der Waals surface area contributed by atoms with E-state index in [0.717, 1.165) is 0 Å². The maximum atomic E-state index is 10.7. The summed E-state index contributed by atoms with van der Waals surface area (Å²) in [6.07, 6.45) is 0.0455. The molecule has 0 bridgehead atoms. The van der Waals surface area contributed by atoms with Crippen LogP contribution in [0.4, 0.5) is 0 Å². The summed E-state index contributed by atoms with van der Waals surface area (Å²) in [5, 5.41) is 31.0. The number of rotatable bonds is 21. The van der Waals surface area contributed by atoms with Crippen molar-refractivity contribution in [3.8, 4) is 0 Å². The van der Waals surface area contributed by atoms with E-state index in [-0.39, 0.29) is 26.4 Å². The summed E-state index contributed by atoms with van der Waals surface area (Å²) in [4.78, 5) is 10.6. The van der Waals surface area contributed by atoms with Gasteiger partial charge in [0.05, 0.1) is 39.6 Å². The predicted octanol–water partition coefficient (Wildman–Crippen LogP) is -2.68. The van der Waals surface area contributed by atoms with Gasteiger partial charge in [0.15, 0.2) is 11.7 Å². The molecule has 176 valence electrons. The Bertz CT molecular complexity index is 367. The molecule has 12 nitrogen and oxygen atoms in total. The summed E-state index contributed by atoms with van der Waals surface area (Å²) in [5.41, 5.74) is 20.0. The van der Waals surface area contributed by atoms with Crippen LogP contribution in [0.3, 0.4) is 0 Å². The van der Waals surface area contributed by atoms with Gasteiger partial charge in [-0.2, -0.15) is 4.89 Å². The van der Waals surface area contributed by atoms with Gasteiger partial charge in [0.25, 0.3) is 0 Å². The molecule has 0 aliphatic heterocycles. The Morgan fingerprint density at radius 3 is 1.59 bits per heavy atom. The van der Waals surface area contributed by atoms with Crippen molar-refractivity contribution in [1.82, 2.24) is 0 Å². The van der Waals surface area contributed by atoms with Crippen LogP contribution in [0, 0.1) is 5.41 Å². The summed E-state index contributed by atoms with van der Waals surface area (Å²) in [6, 6.07) is 0. The Balaban J connectivity index is 5.82. The highest BCUT2D eigenvalue weighted by Crippen LogP contribution is 2.41. The number of ether oxygens (including phenoxy) is 3. The average molecular weight is 429 g/mol. The van der Waals surface area contributed by atoms with Crippen molar-refractivity contribution in [2.24, 2.45) is 28.3 Å². The van der Waals surface area contributed by atoms with Crippen LogP contribution in [0.5, 0.6) is 0 Å². The van der Waals surface area contributed by atoms with Gasteiger partial charge in [-0.25, -0.2) is 4.89 Å². The maximum Gasteiger partial charge on any atom is 0.327 e. The number of aliphatic hydroxyl groups is 3. The molecule has 29 heavy (non-hydrogen) atoms. The van der Waals surface area contributed by atoms with E-state index >= 15 is 0 Å². The summed E-state index contributed by atoms with van der Waals surface area (Å²) in [5.74, 6) is -2.20. The number of nitrogens with two attached hydrogens (primary N) is 4. The van der Waals surface area contributed by atoms with Crippen LogP contribution in [-0.4, -0.2) is 93.4 Å². The van der Waals surface area contributed by atoms with E-state index in [1.807, 2.05) is 0 Å². The van der Waals surface area contributed by atoms with Gasteiger partial charge in [0.2, 0.25) is 0 Å². The van der Waals surface area contributed by atoms with Crippen molar-refractivity contribution in [2.75, 3.05) is 65.8 Å². The molecule has 0 aliphatic carbocycles. The fourth-order valence-electron chi connectivity index (χ4n) is 2.29. The van der Waals surface area contributed by atoms with E-state index in [1.54, 1.807) is 0 Å². The van der Waals surface area contributed by atoms with Crippen molar-refractivity contribution in [3.05, 3.63) is 0 Å². The van der Waals surface area contributed by atoms with Gasteiger partial charge in [0, 0.05) is 0 Å². The van der Waals surface area contributed by atoms with E-state index in [2.05, 4.69) is 0 Å². The van der Waals surface area contributed by atoms with Crippen LogP contribution >= 0.6 is 0 Å². The first-order valence-electron chi connectivity index (χ1n) is 9.94. The highest BCUT2D eigenvalue weighted by Gasteiger charge is 2.62. The molecular formula is C17H40N4O8. The van der Waals surface area contributed by atoms with E-state index in [1.165, 1.54) is 0 Å². The standard InChI is InChI=1S/C17H40N4O8/c18-5-1-9-25-15(24)16(13-22,14-23)17(26-10-2-6-19,27-11-3-7-20)29-28-12-4-8-21/h15,22-24H,1-14,18-21H2. The Morgan fingerprint density at radius 1 is 0.690 bits per heavy atom. The molecule has 0 heterocycles. The first kappa shape index (κ1) is 28.5. The molecule has 0 saturated heterocycles. The molecule has 0 saturated carbocycles. The zero-order valence-corrected chi connectivity index (χ0v) is 17.2. The quantitative estimate of drug-likeness (QED) is 0.0431. The van der Waals surface area contributed by atoms with Crippen LogP contribution in [0.1, 0.15) is 25.7 Å². The second-order valence-corrected chi connectivity index (χ2v) is 6.42. The zero-order chi connectivity index (χ0) is 22.0. The molecule has 0 rings (SSSR count). The fourth-order valence-corrected chi connectivity index (χ4v) is 2.29. The fraction of sp³-hybridized carbons (Fsp3) is 1.00. The van der Waals surface area contributed by atoms with Crippen LogP contribution in [0.15, 0.2) is 0 Å². The van der Waals surface area contributed by atoms with Crippen molar-refractivity contribution < 1.29 is 39.3 Å². The first-order valence-corrected chi connectivity index (χ1v) is 9.94. The second kappa shape index (κ2) is 17.2. The van der Waals surface area contributed by atoms with Gasteiger partial charge in [0.1, 0.15) is 0 Å². The van der Waals surface area contributed by atoms with Crippen molar-refractivity contribution in [3.63, 3.8) is 0 Å². The minimum atomic E-state index is -2.20. The number of hydrogen-bond acceptors (Lipinski definition) is 12. The van der Waals surface area contributed by atoms with Gasteiger partial charge in [-0.1, -0.05) is 0 Å². The minimum absolute atomic E-state index is 0.0383. The Hall–Kier alpha value is -0.480. The molecule has 0 aliphatic rings. The Kier molecular flexibility index (Phi) is 16.9. The largest absolute Gasteiger partial charge is 0.395 e. The maximum absolute atomic E-state index is 10.7. The van der Waals surface area contributed by atoms with Gasteiger partial charge < -0.3 is 52.5 Å². The van der Waals surface area contributed by atoms with Crippen LogP contribution in [0.2, 0.25) is 0 Å². The molecule has 0 aromatic heterocycles. The average Bonchev–Trinajstić information content (AvgIpc) is 2.73. The molecule has 0 fully saturated rings. The van der Waals surface area contributed by atoms with Crippen LogP contribution < -0.4 is 22.9 Å². The smallest absolute Gasteiger partial charge is 0.327 e. The van der Waals surface area contributed by atoms with Gasteiger partial charge >= 0.3 is 5.97 Å². The summed E-state index contributed by atoms with van der Waals surface area (Å²) < 4.78 is 16.9. The molecule has 0 radical (unpaired) electrons. The van der Waals surface area contributed by atoms with E-state index in [0.29, 0.717) is 51.9 Å². The van der Waals surface area contributed by atoms with Crippen molar-refractivity contribution >= 4 is 0 Å². The second-order valence-electron chi connectivity index (χ2n) is 6.42. The lowest BCUT2D eigenvalue weighted by Crippen LogP contribution is -2.64. The molecule has 1 unspecified atom stereocenters. The van der Waals surface area contributed by atoms with Crippen molar-refractivity contribution in [2.45, 2.75) is 37.9 Å². The summed E-state index contributed by atoms with van der Waals surface area (Å²) >= 11 is 0. The normalized spacial score (nSPS) is 13.8. The lowest BCUT2D eigenvalue weighted by molar-refractivity contribution is -0.555. The molecule has 0 aromatic carbocycles. The molecule has 0 aromatic rings. The molecule has 11 N–H and O–H groups in total. The third-order valence-corrected chi connectivity index (χ3v) is 4.15. The van der Waals surface area contributed by atoms with Crippen LogP contribution in [0.25, 0.3) is 0 Å². The molecule has 1 atom stereocenters. The van der Waals surface area contributed by atoms with Gasteiger partial charge in [-0.15, -0.1) is 0 Å². The minimum Gasteiger partial charge on any atom is -0.395 e. The lowest BCUT2D eigenvalue weighted by Gasteiger charge is -2.47. The molecule has 0 amide bonds. The molecular weight excluding hydrogens is 388 g/mol. The van der Waals surface area contributed by atoms with Crippen molar-refractivity contribution in [1.29, 1.82) is 0 Å². The van der Waals surface area contributed by atoms with Gasteiger partial charge in [-0.05, 0) is 51.9 Å². The Morgan fingerprint density at radius 2 is 1.14 bits per heavy atom. The lowest BCUT2D eigenvalue weighted by atomic mass is 9.85. The Labute approximate surface area is 172 Å². The third-order valence-electron chi connectivity index (χ3n) is 4.15. The summed E-state index contributed by atoms with van der Waals surface area (Å²) in [6.45, 7) is -0.0482. The summed E-state index contributed by atoms with van der Waals surface area (Å²) in [7, 11) is 0. The molecule has 12 heteroatoms. The predicted molar refractivity (Wildman–Crippen MR) is 105 cm³/mol. The highest BCUT2D eigenvalue weighted by atomic mass is 17.3. The van der Waals surface area contributed by atoms with E-state index in [9.17, 15) is 15.3 Å². The molecule has 0 spiro atoms. The number of hydrogen-bond donors (Lipinski definition) is 7. The van der Waals surface area contributed by atoms with Gasteiger partial charge in [-0.3, -0.25) is 0 Å². The highest BCUT2D eigenvalue weighted by molar-refractivity contribution is 4.91. The van der Waals surface area contributed by atoms with E-state index in [4.69, 9.17) is 46.9 Å². The third kappa shape index (κ3) is 9.04. The zero-order valence-electron chi connectivity index (χ0n) is 17.2.